The summed E-state index contributed by atoms with van der Waals surface area (Å²) in [4.78, 5) is 36.1. The number of carbonyl (C=O) groups is 2. The van der Waals surface area contributed by atoms with Gasteiger partial charge in [0.1, 0.15) is 17.7 Å². The molecule has 2 fully saturated rings. The minimum Gasteiger partial charge on any atom is -0.356 e. The molecule has 272 valence electrons. The molecule has 2 aliphatic rings. The van der Waals surface area contributed by atoms with Crippen LogP contribution in [-0.4, -0.2) is 81.8 Å². The van der Waals surface area contributed by atoms with Crippen molar-refractivity contribution in [1.82, 2.24) is 25.3 Å². The minimum absolute atomic E-state index is 0.00223. The summed E-state index contributed by atoms with van der Waals surface area (Å²) in [6.07, 6.45) is -3.97. The van der Waals surface area contributed by atoms with Gasteiger partial charge in [0.25, 0.3) is 0 Å². The van der Waals surface area contributed by atoms with Gasteiger partial charge in [0, 0.05) is 51.8 Å². The Labute approximate surface area is 281 Å². The van der Waals surface area contributed by atoms with Gasteiger partial charge in [-0.2, -0.15) is 26.3 Å². The Balaban J connectivity index is 1.31. The smallest absolute Gasteiger partial charge is 0.356 e. The van der Waals surface area contributed by atoms with Gasteiger partial charge in [0.15, 0.2) is 0 Å². The van der Waals surface area contributed by atoms with Crippen LogP contribution < -0.4 is 25.2 Å². The molecule has 0 saturated carbocycles. The number of rotatable bonds is 14. The summed E-state index contributed by atoms with van der Waals surface area (Å²) in [5.74, 6) is -1.50. The molecule has 1 aromatic carbocycles. The number of aromatic nitrogens is 2. The lowest BCUT2D eigenvalue weighted by molar-refractivity contribution is -0.144. The van der Waals surface area contributed by atoms with Crippen LogP contribution in [0, 0.1) is 5.92 Å². The van der Waals surface area contributed by atoms with E-state index < -0.39 is 45.7 Å². The van der Waals surface area contributed by atoms with Gasteiger partial charge in [0.2, 0.25) is 27.7 Å². The summed E-state index contributed by atoms with van der Waals surface area (Å²) in [6, 6.07) is 5.33. The molecule has 0 spiro atoms. The Bertz CT molecular complexity index is 1530. The normalized spacial score (nSPS) is 17.7. The predicted molar refractivity (Wildman–Crippen MR) is 170 cm³/mol. The minimum atomic E-state index is -4.82. The van der Waals surface area contributed by atoms with E-state index in [0.29, 0.717) is 57.3 Å². The molecule has 2 saturated heterocycles. The molecular formula is C31H41F6N7O4S. The number of alkyl halides is 6. The highest BCUT2D eigenvalue weighted by Crippen LogP contribution is 2.34. The molecule has 11 nitrogen and oxygen atoms in total. The van der Waals surface area contributed by atoms with Crippen molar-refractivity contribution in [3.63, 3.8) is 0 Å². The SMILES string of the molecule is CS(=O)(=O)NCCNC(=O)CCCC1CCN(c2cc(N3CCC[C@H]3C(=O)NCCc3ccc(C(F)(F)F)cc3)nc(C(F)(F)F)n2)CC1. The molecular weight excluding hydrogens is 680 g/mol. The standard InChI is InChI=1S/C31H41F6N7O4S/c1-49(47,48)40-16-15-38-27(45)6-2-4-21-12-18-43(19-13-21)25-20-26(42-29(41-25)31(35,36)37)44-17-3-5-24(44)28(46)39-14-11-22-7-9-23(10-8-22)30(32,33)34/h7-10,20-21,24,40H,2-6,11-19H2,1H3,(H,38,45)(H,39,46)/t24-/m0/s1. The van der Waals surface area contributed by atoms with E-state index in [9.17, 15) is 44.3 Å². The maximum atomic E-state index is 13.9. The highest BCUT2D eigenvalue weighted by molar-refractivity contribution is 7.88. The number of hydrogen-bond donors (Lipinski definition) is 3. The van der Waals surface area contributed by atoms with E-state index in [0.717, 1.165) is 24.8 Å². The largest absolute Gasteiger partial charge is 0.451 e. The number of halogens is 6. The van der Waals surface area contributed by atoms with Gasteiger partial charge in [-0.25, -0.2) is 23.1 Å². The first-order valence-electron chi connectivity index (χ1n) is 16.1. The topological polar surface area (TPSA) is 137 Å². The van der Waals surface area contributed by atoms with Crippen molar-refractivity contribution < 1.29 is 44.3 Å². The number of nitrogens with one attached hydrogen (secondary N) is 3. The van der Waals surface area contributed by atoms with Crippen molar-refractivity contribution in [1.29, 1.82) is 0 Å². The van der Waals surface area contributed by atoms with E-state index >= 15 is 0 Å². The Hall–Kier alpha value is -3.67. The average Bonchev–Trinajstić information content (AvgIpc) is 3.53. The van der Waals surface area contributed by atoms with E-state index in [-0.39, 0.29) is 55.9 Å². The molecule has 3 N–H and O–H groups in total. The lowest BCUT2D eigenvalue weighted by Gasteiger charge is -2.34. The number of hydrogen-bond acceptors (Lipinski definition) is 8. The Morgan fingerprint density at radius 2 is 1.55 bits per heavy atom. The first kappa shape index (κ1) is 38.1. The number of benzene rings is 1. The zero-order valence-electron chi connectivity index (χ0n) is 27.0. The maximum absolute atomic E-state index is 13.9. The molecule has 1 atom stereocenters. The van der Waals surface area contributed by atoms with E-state index in [1.54, 1.807) is 9.80 Å². The van der Waals surface area contributed by atoms with Crippen LogP contribution in [0.25, 0.3) is 0 Å². The van der Waals surface area contributed by atoms with Crippen LogP contribution in [-0.2, 0) is 38.4 Å². The van der Waals surface area contributed by atoms with Crippen LogP contribution in [0.2, 0.25) is 0 Å². The summed E-state index contributed by atoms with van der Waals surface area (Å²) in [5, 5.41) is 5.42. The van der Waals surface area contributed by atoms with Crippen LogP contribution in [0.4, 0.5) is 38.0 Å². The summed E-state index contributed by atoms with van der Waals surface area (Å²) < 4.78 is 105. The van der Waals surface area contributed by atoms with Crippen molar-refractivity contribution in [2.24, 2.45) is 5.92 Å². The van der Waals surface area contributed by atoms with E-state index in [1.165, 1.54) is 18.2 Å². The van der Waals surface area contributed by atoms with Crippen LogP contribution >= 0.6 is 0 Å². The number of piperidine rings is 1. The lowest BCUT2D eigenvalue weighted by atomic mass is 9.91. The van der Waals surface area contributed by atoms with E-state index in [2.05, 4.69) is 25.3 Å². The number of nitrogens with zero attached hydrogens (tertiary/aromatic N) is 4. The number of sulfonamides is 1. The zero-order valence-corrected chi connectivity index (χ0v) is 27.9. The summed E-state index contributed by atoms with van der Waals surface area (Å²) >= 11 is 0. The van der Waals surface area contributed by atoms with E-state index in [1.807, 2.05) is 0 Å². The lowest BCUT2D eigenvalue weighted by Crippen LogP contribution is -2.44. The molecule has 2 aliphatic heterocycles. The quantitative estimate of drug-likeness (QED) is 0.198. The molecule has 0 radical (unpaired) electrons. The molecule has 0 unspecified atom stereocenters. The maximum Gasteiger partial charge on any atom is 0.451 e. The Morgan fingerprint density at radius 1 is 0.878 bits per heavy atom. The van der Waals surface area contributed by atoms with Crippen molar-refractivity contribution >= 4 is 33.5 Å². The molecule has 49 heavy (non-hydrogen) atoms. The van der Waals surface area contributed by atoms with Crippen molar-refractivity contribution in [3.05, 3.63) is 47.3 Å². The molecule has 3 heterocycles. The molecule has 2 amide bonds. The second-order valence-electron chi connectivity index (χ2n) is 12.3. The number of amides is 2. The molecule has 0 bridgehead atoms. The highest BCUT2D eigenvalue weighted by atomic mass is 32.2. The van der Waals surface area contributed by atoms with Gasteiger partial charge < -0.3 is 20.4 Å². The monoisotopic (exact) mass is 721 g/mol. The zero-order chi connectivity index (χ0) is 35.8. The fourth-order valence-corrected chi connectivity index (χ4v) is 6.48. The van der Waals surface area contributed by atoms with Gasteiger partial charge >= 0.3 is 12.4 Å². The second-order valence-corrected chi connectivity index (χ2v) is 14.2. The van der Waals surface area contributed by atoms with Gasteiger partial charge in [0.05, 0.1) is 11.8 Å². The van der Waals surface area contributed by atoms with Crippen LogP contribution in [0.3, 0.4) is 0 Å². The third kappa shape index (κ3) is 11.7. The fraction of sp³-hybridized carbons (Fsp3) is 0.613. The summed E-state index contributed by atoms with van der Waals surface area (Å²) in [7, 11) is -3.33. The van der Waals surface area contributed by atoms with Crippen LogP contribution in [0.1, 0.15) is 61.9 Å². The number of carbonyl (C=O) groups excluding carboxylic acids is 2. The molecule has 0 aliphatic carbocycles. The summed E-state index contributed by atoms with van der Waals surface area (Å²) in [6.45, 7) is 1.64. The molecule has 4 rings (SSSR count). The van der Waals surface area contributed by atoms with Crippen molar-refractivity contribution in [2.45, 2.75) is 69.8 Å². The first-order chi connectivity index (χ1) is 23.0. The van der Waals surface area contributed by atoms with Crippen LogP contribution in [0.15, 0.2) is 30.3 Å². The molecule has 2 aromatic rings. The predicted octanol–water partition coefficient (Wildman–Crippen LogP) is 3.89. The van der Waals surface area contributed by atoms with Gasteiger partial charge in [-0.1, -0.05) is 12.1 Å². The Kier molecular flexibility index (Phi) is 12.7. The fourth-order valence-electron chi connectivity index (χ4n) is 6.01. The third-order valence-electron chi connectivity index (χ3n) is 8.56. The Morgan fingerprint density at radius 3 is 2.18 bits per heavy atom. The third-order valence-corrected chi connectivity index (χ3v) is 9.29. The van der Waals surface area contributed by atoms with Crippen molar-refractivity contribution in [2.75, 3.05) is 55.3 Å². The van der Waals surface area contributed by atoms with Gasteiger partial charge in [-0.05, 0) is 68.6 Å². The second kappa shape index (κ2) is 16.4. The summed E-state index contributed by atoms with van der Waals surface area (Å²) in [5.41, 5.74) is -0.177. The highest BCUT2D eigenvalue weighted by Gasteiger charge is 2.39. The molecule has 1 aromatic heterocycles. The van der Waals surface area contributed by atoms with Crippen LogP contribution in [0.5, 0.6) is 0 Å². The van der Waals surface area contributed by atoms with E-state index in [4.69, 9.17) is 0 Å². The van der Waals surface area contributed by atoms with Gasteiger partial charge in [-0.3, -0.25) is 9.59 Å². The first-order valence-corrected chi connectivity index (χ1v) is 18.0. The van der Waals surface area contributed by atoms with Crippen molar-refractivity contribution in [3.8, 4) is 0 Å². The number of anilines is 2. The van der Waals surface area contributed by atoms with Gasteiger partial charge in [-0.15, -0.1) is 0 Å². The molecule has 18 heteroatoms. The average molecular weight is 722 g/mol.